The van der Waals surface area contributed by atoms with Crippen LogP contribution in [0.5, 0.6) is 0 Å². The van der Waals surface area contributed by atoms with Crippen molar-refractivity contribution in [3.05, 3.63) is 83.3 Å². The van der Waals surface area contributed by atoms with Crippen LogP contribution in [0.3, 0.4) is 0 Å². The second kappa shape index (κ2) is 9.62. The monoisotopic (exact) mass is 461 g/mol. The molecule has 3 heterocycles. The van der Waals surface area contributed by atoms with Gasteiger partial charge in [-0.1, -0.05) is 54.1 Å². The van der Waals surface area contributed by atoms with Gasteiger partial charge >= 0.3 is 0 Å². The maximum absolute atomic E-state index is 13.8. The van der Waals surface area contributed by atoms with E-state index in [2.05, 4.69) is 22.0 Å². The number of likely N-dealkylation sites (tertiary alicyclic amines) is 1. The fourth-order valence-corrected chi connectivity index (χ4v) is 5.34. The van der Waals surface area contributed by atoms with Gasteiger partial charge in [-0.15, -0.1) is 0 Å². The summed E-state index contributed by atoms with van der Waals surface area (Å²) >= 11 is 6.15. The van der Waals surface area contributed by atoms with E-state index in [9.17, 15) is 4.79 Å². The Balaban J connectivity index is 1.31. The number of piperidine rings is 1. The molecule has 3 aromatic rings. The highest BCUT2D eigenvalue weighted by Gasteiger charge is 2.44. The molecule has 0 N–H and O–H groups in total. The quantitative estimate of drug-likeness (QED) is 0.532. The van der Waals surface area contributed by atoms with Crippen molar-refractivity contribution in [3.8, 4) is 11.3 Å². The predicted octanol–water partition coefficient (Wildman–Crippen LogP) is 5.25. The minimum Gasteiger partial charge on any atom is -0.381 e. The molecule has 2 aliphatic rings. The van der Waals surface area contributed by atoms with Gasteiger partial charge in [-0.2, -0.15) is 0 Å². The third-order valence-corrected chi connectivity index (χ3v) is 7.29. The first-order valence-corrected chi connectivity index (χ1v) is 12.0. The molecule has 2 aliphatic heterocycles. The van der Waals surface area contributed by atoms with Crippen molar-refractivity contribution in [2.45, 2.75) is 37.0 Å². The maximum atomic E-state index is 13.8. The lowest BCUT2D eigenvalue weighted by Crippen LogP contribution is -2.51. The Bertz CT molecular complexity index is 1110. The zero-order chi connectivity index (χ0) is 22.7. The Morgan fingerprint density at radius 1 is 1.00 bits per heavy atom. The molecule has 1 aromatic heterocycles. The Labute approximate surface area is 199 Å². The summed E-state index contributed by atoms with van der Waals surface area (Å²) < 4.78 is 5.62. The molecule has 5 rings (SSSR count). The molecule has 170 valence electrons. The molecule has 2 fully saturated rings. The van der Waals surface area contributed by atoms with Gasteiger partial charge in [0.1, 0.15) is 0 Å². The number of benzene rings is 2. The number of aromatic nitrogens is 2. The number of carbonyl (C=O) groups excluding carboxylic acids is 1. The number of ether oxygens (including phenoxy) is 1. The lowest BCUT2D eigenvalue weighted by Gasteiger charge is -2.42. The number of hydrogen-bond acceptors (Lipinski definition) is 4. The Hall–Kier alpha value is -2.76. The predicted molar refractivity (Wildman–Crippen MR) is 129 cm³/mol. The summed E-state index contributed by atoms with van der Waals surface area (Å²) in [5.74, 6) is 0.539. The Morgan fingerprint density at radius 3 is 2.48 bits per heavy atom. The van der Waals surface area contributed by atoms with Crippen molar-refractivity contribution >= 4 is 17.5 Å². The van der Waals surface area contributed by atoms with E-state index in [1.807, 2.05) is 48.7 Å². The van der Waals surface area contributed by atoms with Gasteiger partial charge in [-0.25, -0.2) is 4.98 Å². The lowest BCUT2D eigenvalue weighted by atomic mass is 9.72. The van der Waals surface area contributed by atoms with Crippen molar-refractivity contribution in [3.63, 3.8) is 0 Å². The number of nitrogens with zero attached hydrogens (tertiary/aromatic N) is 3. The van der Waals surface area contributed by atoms with E-state index in [0.717, 1.165) is 61.3 Å². The average Bonchev–Trinajstić information content (AvgIpc) is 2.89. The van der Waals surface area contributed by atoms with Gasteiger partial charge < -0.3 is 9.64 Å². The number of amides is 1. The molecule has 0 aliphatic carbocycles. The fourth-order valence-electron chi connectivity index (χ4n) is 5.15. The molecule has 0 bridgehead atoms. The first-order valence-electron chi connectivity index (χ1n) is 11.7. The summed E-state index contributed by atoms with van der Waals surface area (Å²) in [5, 5.41) is 0.687. The van der Waals surface area contributed by atoms with Crippen molar-refractivity contribution in [1.82, 2.24) is 14.9 Å². The van der Waals surface area contributed by atoms with Crippen LogP contribution in [0.4, 0.5) is 0 Å². The molecule has 0 spiro atoms. The largest absolute Gasteiger partial charge is 0.381 e. The van der Waals surface area contributed by atoms with E-state index in [4.69, 9.17) is 21.3 Å². The third kappa shape index (κ3) is 4.53. The van der Waals surface area contributed by atoms with Crippen LogP contribution in [0.2, 0.25) is 5.02 Å². The highest BCUT2D eigenvalue weighted by atomic mass is 35.5. The molecule has 6 heteroatoms. The van der Waals surface area contributed by atoms with Crippen molar-refractivity contribution in [1.29, 1.82) is 0 Å². The van der Waals surface area contributed by atoms with Gasteiger partial charge in [0, 0.05) is 49.0 Å². The van der Waals surface area contributed by atoms with Crippen LogP contribution < -0.4 is 0 Å². The van der Waals surface area contributed by atoms with Crippen LogP contribution >= 0.6 is 11.6 Å². The van der Waals surface area contributed by atoms with Crippen LogP contribution in [-0.4, -0.2) is 47.1 Å². The van der Waals surface area contributed by atoms with Gasteiger partial charge in [0.2, 0.25) is 5.91 Å². The van der Waals surface area contributed by atoms with Crippen molar-refractivity contribution < 1.29 is 9.53 Å². The molecular formula is C27H28ClN3O2. The van der Waals surface area contributed by atoms with Gasteiger partial charge in [0.15, 0.2) is 0 Å². The second-order valence-electron chi connectivity index (χ2n) is 8.97. The number of rotatable bonds is 4. The SMILES string of the molecule is O=C(N1CCC(c2cncc(-c3cccc(Cl)c3)n2)CC1)C1(c2ccccc2)CCOCC1. The molecule has 1 amide bonds. The van der Waals surface area contributed by atoms with Crippen molar-refractivity contribution in [2.24, 2.45) is 0 Å². The van der Waals surface area contributed by atoms with E-state index in [1.54, 1.807) is 6.20 Å². The number of hydrogen-bond donors (Lipinski definition) is 0. The first-order chi connectivity index (χ1) is 16.2. The minimum absolute atomic E-state index is 0.245. The maximum Gasteiger partial charge on any atom is 0.233 e. The van der Waals surface area contributed by atoms with Crippen LogP contribution in [0.15, 0.2) is 67.0 Å². The minimum atomic E-state index is -0.474. The molecule has 0 radical (unpaired) electrons. The topological polar surface area (TPSA) is 55.3 Å². The summed E-state index contributed by atoms with van der Waals surface area (Å²) in [4.78, 5) is 25.2. The highest BCUT2D eigenvalue weighted by molar-refractivity contribution is 6.30. The van der Waals surface area contributed by atoms with Gasteiger partial charge in [0.25, 0.3) is 0 Å². The smallest absolute Gasteiger partial charge is 0.233 e. The molecular weight excluding hydrogens is 434 g/mol. The van der Waals surface area contributed by atoms with E-state index >= 15 is 0 Å². The fraction of sp³-hybridized carbons (Fsp3) is 0.370. The normalized spacial score (nSPS) is 18.8. The Morgan fingerprint density at radius 2 is 1.76 bits per heavy atom. The second-order valence-corrected chi connectivity index (χ2v) is 9.40. The number of halogens is 1. The highest BCUT2D eigenvalue weighted by Crippen LogP contribution is 2.38. The zero-order valence-electron chi connectivity index (χ0n) is 18.6. The third-order valence-electron chi connectivity index (χ3n) is 7.06. The van der Waals surface area contributed by atoms with Gasteiger partial charge in [-0.3, -0.25) is 9.78 Å². The molecule has 33 heavy (non-hydrogen) atoms. The van der Waals surface area contributed by atoms with Gasteiger partial charge in [0.05, 0.1) is 23.0 Å². The standard InChI is InChI=1S/C27H28ClN3O2/c28-23-8-4-5-21(17-23)25-19-29-18-24(30-25)20-9-13-31(14-10-20)26(32)27(11-15-33-16-12-27)22-6-2-1-3-7-22/h1-8,17-20H,9-16H2. The van der Waals surface area contributed by atoms with Crippen LogP contribution in [0, 0.1) is 0 Å². The van der Waals surface area contributed by atoms with Crippen LogP contribution in [0.1, 0.15) is 42.9 Å². The summed E-state index contributed by atoms with van der Waals surface area (Å²) in [5.41, 5.74) is 3.43. The van der Waals surface area contributed by atoms with E-state index in [1.165, 1.54) is 0 Å². The van der Waals surface area contributed by atoms with E-state index in [-0.39, 0.29) is 5.91 Å². The van der Waals surface area contributed by atoms with E-state index < -0.39 is 5.41 Å². The molecule has 2 aromatic carbocycles. The summed E-state index contributed by atoms with van der Waals surface area (Å²) in [6, 6.07) is 17.9. The molecule has 0 saturated carbocycles. The lowest BCUT2D eigenvalue weighted by molar-refractivity contribution is -0.142. The molecule has 2 saturated heterocycles. The van der Waals surface area contributed by atoms with Crippen molar-refractivity contribution in [2.75, 3.05) is 26.3 Å². The summed E-state index contributed by atoms with van der Waals surface area (Å²) in [6.07, 6.45) is 6.90. The van der Waals surface area contributed by atoms with Gasteiger partial charge in [-0.05, 0) is 43.4 Å². The molecule has 0 atom stereocenters. The average molecular weight is 462 g/mol. The van der Waals surface area contributed by atoms with E-state index in [0.29, 0.717) is 24.2 Å². The first kappa shape index (κ1) is 22.1. The molecule has 0 unspecified atom stereocenters. The summed E-state index contributed by atoms with van der Waals surface area (Å²) in [7, 11) is 0. The Kier molecular flexibility index (Phi) is 6.43. The summed E-state index contributed by atoms with van der Waals surface area (Å²) in [6.45, 7) is 2.73. The number of carbonyl (C=O) groups is 1. The van der Waals surface area contributed by atoms with Crippen LogP contribution in [-0.2, 0) is 14.9 Å². The zero-order valence-corrected chi connectivity index (χ0v) is 19.4. The molecule has 5 nitrogen and oxygen atoms in total. The van der Waals surface area contributed by atoms with Crippen LogP contribution in [0.25, 0.3) is 11.3 Å².